The highest BCUT2D eigenvalue weighted by Crippen LogP contribution is 2.22. The van der Waals surface area contributed by atoms with Gasteiger partial charge in [-0.2, -0.15) is 0 Å². The Kier molecular flexibility index (Phi) is 4.73. The van der Waals surface area contributed by atoms with Gasteiger partial charge in [-0.05, 0) is 34.9 Å². The Morgan fingerprint density at radius 1 is 1.39 bits per heavy atom. The number of rotatable bonds is 4. The molecule has 1 rings (SSSR count). The first kappa shape index (κ1) is 15.0. The largest absolute Gasteiger partial charge is 0.341 e. The van der Waals surface area contributed by atoms with Gasteiger partial charge in [-0.15, -0.1) is 0 Å². The van der Waals surface area contributed by atoms with Gasteiger partial charge < -0.3 is 14.7 Å². The minimum Gasteiger partial charge on any atom is -0.341 e. The van der Waals surface area contributed by atoms with Crippen molar-refractivity contribution in [1.82, 2.24) is 14.7 Å². The summed E-state index contributed by atoms with van der Waals surface area (Å²) in [5.74, 6) is 0.175. The molecule has 1 aliphatic rings. The van der Waals surface area contributed by atoms with Gasteiger partial charge in [0, 0.05) is 32.2 Å². The molecule has 0 aromatic rings. The molecular weight excluding hydrogens is 230 g/mol. The fourth-order valence-corrected chi connectivity index (χ4v) is 2.63. The van der Waals surface area contributed by atoms with Crippen LogP contribution in [0.2, 0.25) is 0 Å². The third-order valence-corrected chi connectivity index (χ3v) is 3.36. The van der Waals surface area contributed by atoms with Crippen molar-refractivity contribution >= 4 is 12.3 Å². The molecule has 1 fully saturated rings. The lowest BCUT2D eigenvalue weighted by Crippen LogP contribution is -2.57. The Balaban J connectivity index is 2.69. The third-order valence-electron chi connectivity index (χ3n) is 3.36. The molecular formula is C13H25N3O2. The number of hydrogen-bond donors (Lipinski definition) is 0. The van der Waals surface area contributed by atoms with Gasteiger partial charge in [0.1, 0.15) is 0 Å². The number of hydrogen-bond acceptors (Lipinski definition) is 3. The van der Waals surface area contributed by atoms with Crippen LogP contribution in [0.3, 0.4) is 0 Å². The first-order valence-electron chi connectivity index (χ1n) is 6.43. The van der Waals surface area contributed by atoms with Crippen molar-refractivity contribution in [2.24, 2.45) is 5.41 Å². The molecule has 0 saturated carbocycles. The summed E-state index contributed by atoms with van der Waals surface area (Å²) in [6.07, 6.45) is 0.864. The van der Waals surface area contributed by atoms with Gasteiger partial charge in [-0.3, -0.25) is 9.59 Å². The summed E-state index contributed by atoms with van der Waals surface area (Å²) in [4.78, 5) is 29.0. The van der Waals surface area contributed by atoms with E-state index in [1.807, 2.05) is 44.7 Å². The maximum Gasteiger partial charge on any atom is 0.229 e. The molecule has 1 heterocycles. The molecule has 5 heteroatoms. The smallest absolute Gasteiger partial charge is 0.229 e. The molecule has 18 heavy (non-hydrogen) atoms. The Hall–Kier alpha value is -1.10. The fraction of sp³-hybridized carbons (Fsp3) is 0.846. The van der Waals surface area contributed by atoms with E-state index in [9.17, 15) is 9.59 Å². The summed E-state index contributed by atoms with van der Waals surface area (Å²) in [7, 11) is 3.95. The molecule has 5 nitrogen and oxygen atoms in total. The van der Waals surface area contributed by atoms with Crippen molar-refractivity contribution in [3.05, 3.63) is 0 Å². The lowest BCUT2D eigenvalue weighted by atomic mass is 9.90. The molecule has 0 spiro atoms. The average Bonchev–Trinajstić information content (AvgIpc) is 2.26. The quantitative estimate of drug-likeness (QED) is 0.677. The molecule has 0 aliphatic carbocycles. The number of amides is 2. The summed E-state index contributed by atoms with van der Waals surface area (Å²) >= 11 is 0. The second-order valence-corrected chi connectivity index (χ2v) is 6.07. The van der Waals surface area contributed by atoms with Crippen LogP contribution in [-0.2, 0) is 9.59 Å². The van der Waals surface area contributed by atoms with Crippen LogP contribution in [-0.4, -0.2) is 73.3 Å². The molecule has 2 amide bonds. The molecule has 0 N–H and O–H groups in total. The fourth-order valence-electron chi connectivity index (χ4n) is 2.63. The van der Waals surface area contributed by atoms with Gasteiger partial charge in [-0.1, -0.05) is 0 Å². The van der Waals surface area contributed by atoms with Gasteiger partial charge in [0.05, 0.1) is 5.41 Å². The maximum atomic E-state index is 12.6. The molecule has 1 unspecified atom stereocenters. The number of piperazine rings is 1. The Morgan fingerprint density at radius 3 is 2.44 bits per heavy atom. The van der Waals surface area contributed by atoms with Crippen molar-refractivity contribution in [2.45, 2.75) is 26.8 Å². The predicted octanol–water partition coefficient (Wildman–Crippen LogP) is 0.263. The maximum absolute atomic E-state index is 12.6. The van der Waals surface area contributed by atoms with Gasteiger partial charge in [0.25, 0.3) is 0 Å². The first-order valence-corrected chi connectivity index (χ1v) is 6.43. The summed E-state index contributed by atoms with van der Waals surface area (Å²) in [6, 6.07) is 0.0953. The van der Waals surface area contributed by atoms with Crippen LogP contribution in [0.5, 0.6) is 0 Å². The van der Waals surface area contributed by atoms with Crippen LogP contribution < -0.4 is 0 Å². The van der Waals surface area contributed by atoms with Gasteiger partial charge in [0.2, 0.25) is 12.3 Å². The highest BCUT2D eigenvalue weighted by Gasteiger charge is 2.36. The molecule has 1 aliphatic heterocycles. The van der Waals surface area contributed by atoms with E-state index in [0.29, 0.717) is 19.6 Å². The zero-order valence-electron chi connectivity index (χ0n) is 12.1. The van der Waals surface area contributed by atoms with E-state index >= 15 is 0 Å². The van der Waals surface area contributed by atoms with Gasteiger partial charge in [-0.25, -0.2) is 0 Å². The Bertz CT molecular complexity index is 315. The topological polar surface area (TPSA) is 43.9 Å². The summed E-state index contributed by atoms with van der Waals surface area (Å²) in [5.41, 5.74) is -0.388. The van der Waals surface area contributed by atoms with Crippen molar-refractivity contribution in [3.63, 3.8) is 0 Å². The number of nitrogens with zero attached hydrogens (tertiary/aromatic N) is 3. The lowest BCUT2D eigenvalue weighted by molar-refractivity contribution is -0.147. The highest BCUT2D eigenvalue weighted by molar-refractivity contribution is 5.82. The average molecular weight is 255 g/mol. The SMILES string of the molecule is CC1CN(C=O)CCN1C(=O)C(C)(C)CN(C)C. The first-order chi connectivity index (χ1) is 8.27. The predicted molar refractivity (Wildman–Crippen MR) is 71.1 cm³/mol. The van der Waals surface area contributed by atoms with Crippen molar-refractivity contribution in [1.29, 1.82) is 0 Å². The highest BCUT2D eigenvalue weighted by atomic mass is 16.2. The summed E-state index contributed by atoms with van der Waals surface area (Å²) in [6.45, 7) is 8.59. The van der Waals surface area contributed by atoms with E-state index in [-0.39, 0.29) is 17.4 Å². The molecule has 1 saturated heterocycles. The molecule has 104 valence electrons. The molecule has 0 radical (unpaired) electrons. The van der Waals surface area contributed by atoms with Crippen LogP contribution in [0.1, 0.15) is 20.8 Å². The summed E-state index contributed by atoms with van der Waals surface area (Å²) < 4.78 is 0. The molecule has 0 aromatic heterocycles. The molecule has 0 aromatic carbocycles. The van der Waals surface area contributed by atoms with E-state index in [1.165, 1.54) is 0 Å². The van der Waals surface area contributed by atoms with Crippen LogP contribution in [0.25, 0.3) is 0 Å². The van der Waals surface area contributed by atoms with E-state index in [2.05, 4.69) is 0 Å². The Labute approximate surface area is 110 Å². The zero-order chi connectivity index (χ0) is 13.9. The number of carbonyl (C=O) groups is 2. The second kappa shape index (κ2) is 5.69. The second-order valence-electron chi connectivity index (χ2n) is 6.07. The van der Waals surface area contributed by atoms with E-state index < -0.39 is 0 Å². The van der Waals surface area contributed by atoms with Gasteiger partial charge >= 0.3 is 0 Å². The monoisotopic (exact) mass is 255 g/mol. The van der Waals surface area contributed by atoms with Crippen molar-refractivity contribution < 1.29 is 9.59 Å². The lowest BCUT2D eigenvalue weighted by Gasteiger charge is -2.42. The van der Waals surface area contributed by atoms with Crippen molar-refractivity contribution in [2.75, 3.05) is 40.3 Å². The zero-order valence-corrected chi connectivity index (χ0v) is 12.1. The van der Waals surface area contributed by atoms with Crippen molar-refractivity contribution in [3.8, 4) is 0 Å². The van der Waals surface area contributed by atoms with Crippen LogP contribution in [0.15, 0.2) is 0 Å². The van der Waals surface area contributed by atoms with Crippen LogP contribution in [0, 0.1) is 5.41 Å². The van der Waals surface area contributed by atoms with Gasteiger partial charge in [0.15, 0.2) is 0 Å². The van der Waals surface area contributed by atoms with E-state index in [0.717, 1.165) is 13.0 Å². The van der Waals surface area contributed by atoms with Crippen LogP contribution in [0.4, 0.5) is 0 Å². The number of carbonyl (C=O) groups excluding carboxylic acids is 2. The summed E-state index contributed by atoms with van der Waals surface area (Å²) in [5, 5.41) is 0. The van der Waals surface area contributed by atoms with E-state index in [4.69, 9.17) is 0 Å². The molecule has 0 bridgehead atoms. The minimum absolute atomic E-state index is 0.0953. The normalized spacial score (nSPS) is 21.3. The Morgan fingerprint density at radius 2 is 2.00 bits per heavy atom. The minimum atomic E-state index is -0.388. The standard InChI is InChI=1S/C13H25N3O2/c1-11-8-15(10-17)6-7-16(11)12(18)13(2,3)9-14(4)5/h10-11H,6-9H2,1-5H3. The third kappa shape index (κ3) is 3.45. The van der Waals surface area contributed by atoms with E-state index in [1.54, 1.807) is 4.90 Å². The molecule has 1 atom stereocenters. The van der Waals surface area contributed by atoms with Crippen LogP contribution >= 0.6 is 0 Å².